The van der Waals surface area contributed by atoms with Crippen molar-refractivity contribution in [2.75, 3.05) is 6.54 Å². The van der Waals surface area contributed by atoms with Crippen molar-refractivity contribution in [2.45, 2.75) is 38.1 Å². The van der Waals surface area contributed by atoms with E-state index >= 15 is 0 Å². The second kappa shape index (κ2) is 8.64. The summed E-state index contributed by atoms with van der Waals surface area (Å²) in [6.45, 7) is 0.283. The van der Waals surface area contributed by atoms with Crippen molar-refractivity contribution in [3.05, 3.63) is 26.6 Å². The Morgan fingerprint density at radius 2 is 1.91 bits per heavy atom. The topological polar surface area (TPSA) is 73.7 Å². The van der Waals surface area contributed by atoms with Crippen molar-refractivity contribution in [3.8, 4) is 5.75 Å². The van der Waals surface area contributed by atoms with E-state index in [9.17, 15) is 9.90 Å². The van der Waals surface area contributed by atoms with E-state index in [0.717, 1.165) is 18.4 Å². The number of aromatic hydroxyl groups is 1. The number of benzene rings is 1. The zero-order valence-electron chi connectivity index (χ0n) is 12.1. The van der Waals surface area contributed by atoms with Crippen LogP contribution in [0.1, 0.15) is 37.7 Å². The molecule has 22 heavy (non-hydrogen) atoms. The summed E-state index contributed by atoms with van der Waals surface area (Å²) >= 11 is 6.50. The molecule has 0 radical (unpaired) electrons. The van der Waals surface area contributed by atoms with Gasteiger partial charge in [-0.15, -0.1) is 0 Å². The van der Waals surface area contributed by atoms with Crippen molar-refractivity contribution in [2.24, 2.45) is 5.10 Å². The molecule has 0 atom stereocenters. The van der Waals surface area contributed by atoms with Crippen LogP contribution < -0.4 is 10.7 Å². The fourth-order valence-corrected chi connectivity index (χ4v) is 3.64. The monoisotopic (exact) mass is 431 g/mol. The second-order valence-electron chi connectivity index (χ2n) is 5.34. The number of carbonyl (C=O) groups excluding carboxylic acids is 1. The molecule has 1 fully saturated rings. The molecule has 5 nitrogen and oxygen atoms in total. The Hall–Kier alpha value is -0.920. The molecule has 0 bridgehead atoms. The van der Waals surface area contributed by atoms with Gasteiger partial charge in [-0.1, -0.05) is 19.3 Å². The first kappa shape index (κ1) is 17.4. The molecule has 0 aromatic heterocycles. The number of hydrazone groups is 1. The predicted molar refractivity (Wildman–Crippen MR) is 94.1 cm³/mol. The molecule has 1 amide bonds. The summed E-state index contributed by atoms with van der Waals surface area (Å²) in [5.74, 6) is -0.0170. The molecule has 1 aromatic rings. The Morgan fingerprint density at radius 3 is 2.55 bits per heavy atom. The van der Waals surface area contributed by atoms with Gasteiger partial charge in [0.2, 0.25) is 0 Å². The van der Waals surface area contributed by atoms with Gasteiger partial charge in [-0.3, -0.25) is 4.79 Å². The lowest BCUT2D eigenvalue weighted by molar-refractivity contribution is -0.120. The van der Waals surface area contributed by atoms with Crippen molar-refractivity contribution in [1.29, 1.82) is 0 Å². The van der Waals surface area contributed by atoms with Gasteiger partial charge in [-0.2, -0.15) is 5.10 Å². The van der Waals surface area contributed by atoms with E-state index in [4.69, 9.17) is 0 Å². The van der Waals surface area contributed by atoms with Crippen molar-refractivity contribution >= 4 is 44.0 Å². The Balaban J connectivity index is 1.78. The summed E-state index contributed by atoms with van der Waals surface area (Å²) in [4.78, 5) is 11.7. The van der Waals surface area contributed by atoms with Gasteiger partial charge in [0.25, 0.3) is 5.91 Å². The van der Waals surface area contributed by atoms with Crippen molar-refractivity contribution in [1.82, 2.24) is 10.7 Å². The van der Waals surface area contributed by atoms with E-state index in [1.165, 1.54) is 25.5 Å². The standard InChI is InChI=1S/C15H19Br2N3O2/c16-12-6-10(7-13(17)15(12)22)8-19-20-14(21)9-18-11-4-2-1-3-5-11/h6-8,11,18,22H,1-5,9H2,(H,20,21)/b19-8-. The summed E-state index contributed by atoms with van der Waals surface area (Å²) < 4.78 is 1.13. The molecule has 0 unspecified atom stereocenters. The second-order valence-corrected chi connectivity index (χ2v) is 7.05. The molecule has 3 N–H and O–H groups in total. The minimum absolute atomic E-state index is 0.137. The van der Waals surface area contributed by atoms with Crippen LogP contribution in [-0.4, -0.2) is 29.8 Å². The zero-order valence-corrected chi connectivity index (χ0v) is 15.3. The summed E-state index contributed by atoms with van der Waals surface area (Å²) in [6.07, 6.45) is 7.60. The fraction of sp³-hybridized carbons (Fsp3) is 0.467. The SMILES string of the molecule is O=C(CNC1CCCCC1)N/N=C\c1cc(Br)c(O)c(Br)c1. The largest absolute Gasteiger partial charge is 0.506 e. The number of phenols is 1. The molecule has 0 saturated heterocycles. The number of hydrogen-bond donors (Lipinski definition) is 3. The van der Waals surface area contributed by atoms with E-state index < -0.39 is 0 Å². The van der Waals surface area contributed by atoms with E-state index in [1.807, 2.05) is 0 Å². The van der Waals surface area contributed by atoms with Crippen LogP contribution >= 0.6 is 31.9 Å². The molecule has 0 aliphatic heterocycles. The van der Waals surface area contributed by atoms with Gasteiger partial charge in [0.05, 0.1) is 21.7 Å². The molecule has 1 aliphatic carbocycles. The van der Waals surface area contributed by atoms with Crippen LogP contribution in [0.25, 0.3) is 0 Å². The Labute approximate surface area is 146 Å². The van der Waals surface area contributed by atoms with Crippen LogP contribution in [0.4, 0.5) is 0 Å². The summed E-state index contributed by atoms with van der Waals surface area (Å²) in [6, 6.07) is 3.89. The molecular weight excluding hydrogens is 414 g/mol. The number of rotatable bonds is 5. The Bertz CT molecular complexity index is 535. The summed E-state index contributed by atoms with van der Waals surface area (Å²) in [5, 5.41) is 16.8. The summed E-state index contributed by atoms with van der Waals surface area (Å²) in [5.41, 5.74) is 3.26. The molecular formula is C15H19Br2N3O2. The number of nitrogens with one attached hydrogen (secondary N) is 2. The predicted octanol–water partition coefficient (Wildman–Crippen LogP) is 3.29. The van der Waals surface area contributed by atoms with Crippen LogP contribution in [0.5, 0.6) is 5.75 Å². The van der Waals surface area contributed by atoms with Crippen LogP contribution in [0, 0.1) is 0 Å². The van der Waals surface area contributed by atoms with E-state index in [1.54, 1.807) is 12.1 Å². The molecule has 120 valence electrons. The maximum Gasteiger partial charge on any atom is 0.254 e. The van der Waals surface area contributed by atoms with Crippen molar-refractivity contribution < 1.29 is 9.90 Å². The zero-order chi connectivity index (χ0) is 15.9. The first-order valence-corrected chi connectivity index (χ1v) is 8.88. The average molecular weight is 433 g/mol. The number of carbonyl (C=O) groups is 1. The summed E-state index contributed by atoms with van der Waals surface area (Å²) in [7, 11) is 0. The first-order valence-electron chi connectivity index (χ1n) is 7.29. The Morgan fingerprint density at radius 1 is 1.27 bits per heavy atom. The van der Waals surface area contributed by atoms with Crippen LogP contribution in [0.3, 0.4) is 0 Å². The van der Waals surface area contributed by atoms with Gasteiger partial charge in [-0.25, -0.2) is 5.43 Å². The third-order valence-corrected chi connectivity index (χ3v) is 4.81. The average Bonchev–Trinajstić information content (AvgIpc) is 2.51. The van der Waals surface area contributed by atoms with Crippen molar-refractivity contribution in [3.63, 3.8) is 0 Å². The van der Waals surface area contributed by atoms with E-state index in [0.29, 0.717) is 15.0 Å². The lowest BCUT2D eigenvalue weighted by Gasteiger charge is -2.22. The third-order valence-electron chi connectivity index (χ3n) is 3.60. The van der Waals surface area contributed by atoms with Crippen LogP contribution in [-0.2, 0) is 4.79 Å². The minimum Gasteiger partial charge on any atom is -0.506 e. The van der Waals surface area contributed by atoms with Gasteiger partial charge in [0, 0.05) is 6.04 Å². The Kier molecular flexibility index (Phi) is 6.85. The minimum atomic E-state index is -0.154. The molecule has 2 rings (SSSR count). The highest BCUT2D eigenvalue weighted by Gasteiger charge is 2.13. The van der Waals surface area contributed by atoms with Gasteiger partial charge < -0.3 is 10.4 Å². The quantitative estimate of drug-likeness (QED) is 0.493. The fourth-order valence-electron chi connectivity index (χ4n) is 2.42. The molecule has 1 aromatic carbocycles. The number of halogens is 2. The van der Waals surface area contributed by atoms with E-state index in [-0.39, 0.29) is 18.2 Å². The highest BCUT2D eigenvalue weighted by molar-refractivity contribution is 9.11. The van der Waals surface area contributed by atoms with Crippen LogP contribution in [0.2, 0.25) is 0 Å². The van der Waals surface area contributed by atoms with Gasteiger partial charge in [-0.05, 0) is 62.4 Å². The first-order chi connectivity index (χ1) is 10.6. The smallest absolute Gasteiger partial charge is 0.254 e. The number of amides is 1. The maximum absolute atomic E-state index is 11.7. The number of hydrogen-bond acceptors (Lipinski definition) is 4. The highest BCUT2D eigenvalue weighted by Crippen LogP contribution is 2.32. The lowest BCUT2D eigenvalue weighted by atomic mass is 9.95. The van der Waals surface area contributed by atoms with Gasteiger partial charge >= 0.3 is 0 Å². The maximum atomic E-state index is 11.7. The molecule has 1 aliphatic rings. The molecule has 1 saturated carbocycles. The number of nitrogens with zero attached hydrogens (tertiary/aromatic N) is 1. The number of phenolic OH excluding ortho intramolecular Hbond substituents is 1. The van der Waals surface area contributed by atoms with Gasteiger partial charge in [0.15, 0.2) is 0 Å². The van der Waals surface area contributed by atoms with E-state index in [2.05, 4.69) is 47.7 Å². The molecule has 0 heterocycles. The van der Waals surface area contributed by atoms with Crippen LogP contribution in [0.15, 0.2) is 26.2 Å². The molecule has 7 heteroatoms. The highest BCUT2D eigenvalue weighted by atomic mass is 79.9. The molecule has 0 spiro atoms. The lowest BCUT2D eigenvalue weighted by Crippen LogP contribution is -2.38. The normalized spacial score (nSPS) is 16.1. The third kappa shape index (κ3) is 5.37. The van der Waals surface area contributed by atoms with Gasteiger partial charge in [0.1, 0.15) is 5.75 Å².